The van der Waals surface area contributed by atoms with Crippen LogP contribution in [0.5, 0.6) is 5.75 Å². The van der Waals surface area contributed by atoms with Gasteiger partial charge in [0.1, 0.15) is 5.75 Å². The zero-order valence-corrected chi connectivity index (χ0v) is 17.7. The van der Waals surface area contributed by atoms with Gasteiger partial charge in [0.05, 0.1) is 4.90 Å². The Bertz CT molecular complexity index is 1160. The quantitative estimate of drug-likeness (QED) is 0.600. The highest BCUT2D eigenvalue weighted by atomic mass is 32.2. The third-order valence-corrected chi connectivity index (χ3v) is 5.73. The number of aryl methyl sites for hydroxylation is 2. The molecule has 2 N–H and O–H groups in total. The first kappa shape index (κ1) is 21.3. The summed E-state index contributed by atoms with van der Waals surface area (Å²) in [5, 5.41) is 2.68. The lowest BCUT2D eigenvalue weighted by molar-refractivity contribution is -0.118. The van der Waals surface area contributed by atoms with Gasteiger partial charge in [-0.25, -0.2) is 23.1 Å². The summed E-state index contributed by atoms with van der Waals surface area (Å²) in [6, 6.07) is 13.1. The molecule has 30 heavy (non-hydrogen) atoms. The van der Waals surface area contributed by atoms with Crippen molar-refractivity contribution >= 4 is 27.6 Å². The summed E-state index contributed by atoms with van der Waals surface area (Å²) in [7, 11) is -3.84. The molecule has 0 atom stereocenters. The molecule has 1 aromatic heterocycles. The third kappa shape index (κ3) is 5.32. The molecule has 0 aliphatic heterocycles. The fraction of sp³-hybridized carbons (Fsp3) is 0.190. The van der Waals surface area contributed by atoms with Crippen LogP contribution >= 0.6 is 0 Å². The number of carbonyl (C=O) groups excluding carboxylic acids is 1. The Labute approximate surface area is 175 Å². The average molecular weight is 426 g/mol. The van der Waals surface area contributed by atoms with Gasteiger partial charge >= 0.3 is 0 Å². The number of hydrogen-bond donors (Lipinski definition) is 2. The Morgan fingerprint density at radius 3 is 2.47 bits per heavy atom. The molecule has 0 fully saturated rings. The van der Waals surface area contributed by atoms with Gasteiger partial charge in [0.15, 0.2) is 6.61 Å². The van der Waals surface area contributed by atoms with Crippen LogP contribution in [-0.4, -0.2) is 30.9 Å². The second-order valence-corrected chi connectivity index (χ2v) is 8.37. The van der Waals surface area contributed by atoms with E-state index in [0.29, 0.717) is 17.1 Å². The number of ether oxygens (including phenoxy) is 1. The van der Waals surface area contributed by atoms with Crippen molar-refractivity contribution in [1.29, 1.82) is 0 Å². The molecule has 0 radical (unpaired) electrons. The Hall–Kier alpha value is -3.46. The van der Waals surface area contributed by atoms with E-state index in [0.717, 1.165) is 11.1 Å². The smallest absolute Gasteiger partial charge is 0.264 e. The summed E-state index contributed by atoms with van der Waals surface area (Å²) in [5.74, 6) is 0.296. The Kier molecular flexibility index (Phi) is 6.31. The molecule has 8 nitrogen and oxygen atoms in total. The maximum Gasteiger partial charge on any atom is 0.264 e. The zero-order valence-electron chi connectivity index (χ0n) is 16.8. The Morgan fingerprint density at radius 2 is 1.77 bits per heavy atom. The molecule has 0 aliphatic carbocycles. The fourth-order valence-corrected chi connectivity index (χ4v) is 3.57. The summed E-state index contributed by atoms with van der Waals surface area (Å²) in [6.45, 7) is 5.48. The van der Waals surface area contributed by atoms with Gasteiger partial charge < -0.3 is 10.1 Å². The highest BCUT2D eigenvalue weighted by Crippen LogP contribution is 2.21. The average Bonchev–Trinajstić information content (AvgIpc) is 2.69. The molecule has 1 heterocycles. The number of nitrogens with zero attached hydrogens (tertiary/aromatic N) is 2. The van der Waals surface area contributed by atoms with Crippen molar-refractivity contribution in [3.63, 3.8) is 0 Å². The third-order valence-electron chi connectivity index (χ3n) is 4.38. The second-order valence-electron chi connectivity index (χ2n) is 6.69. The minimum Gasteiger partial charge on any atom is -0.483 e. The van der Waals surface area contributed by atoms with Gasteiger partial charge in [-0.1, -0.05) is 12.1 Å². The molecule has 0 saturated carbocycles. The van der Waals surface area contributed by atoms with Gasteiger partial charge in [-0.2, -0.15) is 0 Å². The fourth-order valence-electron chi connectivity index (χ4n) is 2.62. The minimum atomic E-state index is -3.84. The maximum absolute atomic E-state index is 12.5. The first-order valence-electron chi connectivity index (χ1n) is 9.16. The summed E-state index contributed by atoms with van der Waals surface area (Å²) in [4.78, 5) is 20.1. The monoisotopic (exact) mass is 426 g/mol. The van der Waals surface area contributed by atoms with Crippen molar-refractivity contribution in [2.75, 3.05) is 16.6 Å². The van der Waals surface area contributed by atoms with Crippen LogP contribution in [-0.2, 0) is 14.8 Å². The number of benzene rings is 2. The van der Waals surface area contributed by atoms with E-state index in [-0.39, 0.29) is 23.4 Å². The van der Waals surface area contributed by atoms with E-state index in [4.69, 9.17) is 4.74 Å². The number of rotatable bonds is 7. The molecule has 0 bridgehead atoms. The van der Waals surface area contributed by atoms with Gasteiger partial charge in [-0.3, -0.25) is 4.79 Å². The van der Waals surface area contributed by atoms with Crippen LogP contribution in [0.2, 0.25) is 0 Å². The van der Waals surface area contributed by atoms with Crippen molar-refractivity contribution in [3.8, 4) is 5.75 Å². The van der Waals surface area contributed by atoms with Gasteiger partial charge in [-0.05, 0) is 68.3 Å². The molecule has 0 spiro atoms. The van der Waals surface area contributed by atoms with Gasteiger partial charge in [0.25, 0.3) is 15.9 Å². The van der Waals surface area contributed by atoms with E-state index < -0.39 is 10.0 Å². The van der Waals surface area contributed by atoms with E-state index in [9.17, 15) is 13.2 Å². The molecule has 2 aromatic carbocycles. The number of anilines is 2. The molecular formula is C21H22N4O4S. The van der Waals surface area contributed by atoms with Crippen molar-refractivity contribution < 1.29 is 17.9 Å². The van der Waals surface area contributed by atoms with Gasteiger partial charge in [0.2, 0.25) is 5.95 Å². The van der Waals surface area contributed by atoms with E-state index in [1.807, 2.05) is 26.0 Å². The number of carbonyl (C=O) groups is 1. The largest absolute Gasteiger partial charge is 0.483 e. The summed E-state index contributed by atoms with van der Waals surface area (Å²) < 4.78 is 32.8. The van der Waals surface area contributed by atoms with Crippen LogP contribution in [0.15, 0.2) is 59.6 Å². The molecular weight excluding hydrogens is 404 g/mol. The number of hydrogen-bond acceptors (Lipinski definition) is 6. The predicted molar refractivity (Wildman–Crippen MR) is 114 cm³/mol. The highest BCUT2D eigenvalue weighted by molar-refractivity contribution is 7.92. The molecule has 0 unspecified atom stereocenters. The number of aromatic nitrogens is 2. The minimum absolute atomic E-state index is 0.00373. The molecule has 3 rings (SSSR count). The lowest BCUT2D eigenvalue weighted by Crippen LogP contribution is -2.20. The first-order valence-corrected chi connectivity index (χ1v) is 10.6. The van der Waals surface area contributed by atoms with Crippen molar-refractivity contribution in [2.24, 2.45) is 0 Å². The Balaban J connectivity index is 1.61. The highest BCUT2D eigenvalue weighted by Gasteiger charge is 2.16. The lowest BCUT2D eigenvalue weighted by Gasteiger charge is -2.11. The molecule has 9 heteroatoms. The van der Waals surface area contributed by atoms with Crippen LogP contribution in [0, 0.1) is 20.8 Å². The Morgan fingerprint density at radius 1 is 1.03 bits per heavy atom. The number of amides is 1. The normalized spacial score (nSPS) is 11.0. The van der Waals surface area contributed by atoms with Crippen LogP contribution in [0.1, 0.15) is 16.8 Å². The number of nitrogens with one attached hydrogen (secondary N) is 2. The number of sulfonamides is 1. The van der Waals surface area contributed by atoms with Crippen LogP contribution in [0.25, 0.3) is 0 Å². The molecule has 0 saturated heterocycles. The molecule has 0 aliphatic rings. The maximum atomic E-state index is 12.5. The standard InChI is InChI=1S/C21H22N4O4S/c1-14-5-4-6-19(16(14)3)29-13-20(26)24-17-7-9-18(10-8-17)30(27,28)25-21-22-12-11-15(2)23-21/h4-12H,13H2,1-3H3,(H,24,26)(H,22,23,25). The van der Waals surface area contributed by atoms with Gasteiger partial charge in [-0.15, -0.1) is 0 Å². The predicted octanol–water partition coefficient (Wildman–Crippen LogP) is 3.22. The zero-order chi connectivity index (χ0) is 21.7. The molecule has 156 valence electrons. The summed E-state index contributed by atoms with van der Waals surface area (Å²) in [5.41, 5.74) is 3.15. The topological polar surface area (TPSA) is 110 Å². The SMILES string of the molecule is Cc1ccnc(NS(=O)(=O)c2ccc(NC(=O)COc3cccc(C)c3C)cc2)n1. The van der Waals surface area contributed by atoms with Crippen molar-refractivity contribution in [3.05, 3.63) is 71.5 Å². The van der Waals surface area contributed by atoms with E-state index >= 15 is 0 Å². The van der Waals surface area contributed by atoms with E-state index in [1.54, 1.807) is 19.1 Å². The first-order chi connectivity index (χ1) is 14.2. The second kappa shape index (κ2) is 8.91. The molecule has 1 amide bonds. The van der Waals surface area contributed by atoms with Crippen LogP contribution < -0.4 is 14.8 Å². The van der Waals surface area contributed by atoms with Crippen LogP contribution in [0.3, 0.4) is 0 Å². The summed E-state index contributed by atoms with van der Waals surface area (Å²) >= 11 is 0. The van der Waals surface area contributed by atoms with Gasteiger partial charge in [0, 0.05) is 17.6 Å². The summed E-state index contributed by atoms with van der Waals surface area (Å²) in [6.07, 6.45) is 1.47. The van der Waals surface area contributed by atoms with Crippen LogP contribution in [0.4, 0.5) is 11.6 Å². The molecule has 3 aromatic rings. The van der Waals surface area contributed by atoms with Crippen molar-refractivity contribution in [2.45, 2.75) is 25.7 Å². The van der Waals surface area contributed by atoms with E-state index in [2.05, 4.69) is 20.0 Å². The van der Waals surface area contributed by atoms with E-state index in [1.165, 1.54) is 30.5 Å². The van der Waals surface area contributed by atoms with Crippen molar-refractivity contribution in [1.82, 2.24) is 9.97 Å². The lowest BCUT2D eigenvalue weighted by atomic mass is 10.1.